The van der Waals surface area contributed by atoms with Crippen LogP contribution in [0.15, 0.2) is 316 Å². The predicted octanol–water partition coefficient (Wildman–Crippen LogP) is 20.2. The van der Waals surface area contributed by atoms with Gasteiger partial charge in [0.25, 0.3) is 0 Å². The largest absolute Gasteiger partial charge is 0.315 e. The van der Waals surface area contributed by atoms with Crippen LogP contribution in [0.2, 0.25) is 0 Å². The quantitative estimate of drug-likeness (QED) is 0.120. The average molecular weight is 981 g/mol. The zero-order valence-corrected chi connectivity index (χ0v) is 42.4. The van der Waals surface area contributed by atoms with Gasteiger partial charge in [0.05, 0.1) is 0 Å². The highest BCUT2D eigenvalue weighted by Crippen LogP contribution is 2.52. The minimum atomic E-state index is 1.02. The summed E-state index contributed by atoms with van der Waals surface area (Å²) < 4.78 is 0. The predicted molar refractivity (Wildman–Crippen MR) is 325 cm³/mol. The summed E-state index contributed by atoms with van der Waals surface area (Å²) in [7, 11) is 0. The second-order valence-corrected chi connectivity index (χ2v) is 19.4. The molecule has 2 nitrogen and oxygen atoms in total. The van der Waals surface area contributed by atoms with E-state index in [0.717, 1.165) is 22.5 Å². The van der Waals surface area contributed by atoms with Crippen molar-refractivity contribution in [2.45, 2.75) is 0 Å². The van der Waals surface area contributed by atoms with Crippen LogP contribution < -0.4 is 9.80 Å². The summed E-state index contributed by atoms with van der Waals surface area (Å²) in [6.07, 6.45) is 4.17. The van der Waals surface area contributed by atoms with Crippen LogP contribution in [-0.2, 0) is 0 Å². The lowest BCUT2D eigenvalue weighted by Gasteiger charge is -2.25. The number of hydrogen-bond acceptors (Lipinski definition) is 2. The second-order valence-electron chi connectivity index (χ2n) is 19.4. The van der Waals surface area contributed by atoms with Gasteiger partial charge in [-0.25, -0.2) is 0 Å². The van der Waals surface area contributed by atoms with Crippen LogP contribution in [0.3, 0.4) is 0 Å². The summed E-state index contributed by atoms with van der Waals surface area (Å²) in [4.78, 5) is 4.15. The fourth-order valence-corrected chi connectivity index (χ4v) is 11.1. The first-order valence-corrected chi connectivity index (χ1v) is 26.3. The summed E-state index contributed by atoms with van der Waals surface area (Å²) >= 11 is 0. The third-order valence-corrected chi connectivity index (χ3v) is 14.7. The normalized spacial score (nSPS) is 12.0. The van der Waals surface area contributed by atoms with Gasteiger partial charge in [0.2, 0.25) is 6.67 Å². The number of nitrogens with zero attached hydrogens (tertiary/aromatic N) is 2. The van der Waals surface area contributed by atoms with Gasteiger partial charge in [0.1, 0.15) is 0 Å². The molecule has 1 aliphatic rings. The Balaban J connectivity index is 0.872. The van der Waals surface area contributed by atoms with Crippen molar-refractivity contribution in [3.63, 3.8) is 0 Å². The minimum Gasteiger partial charge on any atom is -0.315 e. The van der Waals surface area contributed by atoms with Crippen molar-refractivity contribution in [2.24, 2.45) is 0 Å². The Morgan fingerprint density at radius 3 is 0.610 bits per heavy atom. The molecular formula is C75H52N2. The summed E-state index contributed by atoms with van der Waals surface area (Å²) in [6, 6.07) is 110. The lowest BCUT2D eigenvalue weighted by molar-refractivity contribution is 1.11. The van der Waals surface area contributed by atoms with Crippen molar-refractivity contribution in [3.8, 4) is 111 Å². The van der Waals surface area contributed by atoms with Gasteiger partial charge in [-0.15, -0.1) is 0 Å². The van der Waals surface area contributed by atoms with E-state index in [1.165, 1.54) is 100 Å². The molecule has 12 aromatic rings. The number of hydrogen-bond donors (Lipinski definition) is 0. The van der Waals surface area contributed by atoms with Crippen molar-refractivity contribution >= 4 is 11.4 Å². The van der Waals surface area contributed by atoms with Crippen LogP contribution in [0.25, 0.3) is 111 Å². The molecule has 0 saturated carbocycles. The van der Waals surface area contributed by atoms with Crippen LogP contribution >= 0.6 is 0 Å². The zero-order valence-electron chi connectivity index (χ0n) is 42.4. The SMILES string of the molecule is [C]1N(c2ccc(-c3cc(-c4ccccc4)c(-c4ccccc4)c(-c4ccccc4)c3-c3ccccc3)cc2)C=CN1c1ccc(-c2cc(-c3ccccc3)c(-c3ccccc3)c(-c3ccccc3)c2-c2ccccc2)cc1. The van der Waals surface area contributed by atoms with Gasteiger partial charge in [0.15, 0.2) is 0 Å². The molecule has 0 atom stereocenters. The molecule has 2 radical (unpaired) electrons. The smallest absolute Gasteiger partial charge is 0.217 e. The van der Waals surface area contributed by atoms with E-state index in [2.05, 4.69) is 332 Å². The third-order valence-electron chi connectivity index (χ3n) is 14.7. The molecule has 77 heavy (non-hydrogen) atoms. The van der Waals surface area contributed by atoms with Gasteiger partial charge in [-0.3, -0.25) is 0 Å². The maximum atomic E-state index is 3.65. The average Bonchev–Trinajstić information content (AvgIpc) is 4.10. The Kier molecular flexibility index (Phi) is 12.8. The summed E-state index contributed by atoms with van der Waals surface area (Å²) in [5.41, 5.74) is 25.7. The molecule has 12 aromatic carbocycles. The lowest BCUT2D eigenvalue weighted by Crippen LogP contribution is -2.17. The molecule has 0 spiro atoms. The number of rotatable bonds is 12. The van der Waals surface area contributed by atoms with E-state index in [9.17, 15) is 0 Å². The first kappa shape index (κ1) is 46.7. The molecule has 0 saturated heterocycles. The summed E-state index contributed by atoms with van der Waals surface area (Å²) in [5.74, 6) is 0. The van der Waals surface area contributed by atoms with Crippen molar-refractivity contribution < 1.29 is 0 Å². The van der Waals surface area contributed by atoms with Gasteiger partial charge >= 0.3 is 0 Å². The van der Waals surface area contributed by atoms with Gasteiger partial charge in [-0.1, -0.05) is 267 Å². The van der Waals surface area contributed by atoms with Gasteiger partial charge < -0.3 is 9.80 Å². The zero-order chi connectivity index (χ0) is 51.3. The molecule has 0 aliphatic carbocycles. The van der Waals surface area contributed by atoms with E-state index >= 15 is 0 Å². The van der Waals surface area contributed by atoms with Crippen molar-refractivity contribution in [3.05, 3.63) is 322 Å². The first-order chi connectivity index (χ1) is 38.2. The minimum absolute atomic E-state index is 1.02. The molecule has 0 aromatic heterocycles. The van der Waals surface area contributed by atoms with Crippen LogP contribution in [0.5, 0.6) is 0 Å². The fourth-order valence-electron chi connectivity index (χ4n) is 11.1. The maximum absolute atomic E-state index is 3.65. The van der Waals surface area contributed by atoms with Gasteiger partial charge in [-0.2, -0.15) is 0 Å². The monoisotopic (exact) mass is 980 g/mol. The van der Waals surface area contributed by atoms with Crippen LogP contribution in [0, 0.1) is 6.67 Å². The Morgan fingerprint density at radius 2 is 0.377 bits per heavy atom. The van der Waals surface area contributed by atoms with E-state index in [4.69, 9.17) is 0 Å². The van der Waals surface area contributed by atoms with Crippen molar-refractivity contribution in [2.75, 3.05) is 9.80 Å². The van der Waals surface area contributed by atoms with E-state index in [1.54, 1.807) is 0 Å². The third kappa shape index (κ3) is 9.24. The Bertz CT molecular complexity index is 3710. The number of anilines is 2. The van der Waals surface area contributed by atoms with Crippen molar-refractivity contribution in [1.82, 2.24) is 0 Å². The van der Waals surface area contributed by atoms with E-state index in [1.807, 2.05) is 0 Å². The van der Waals surface area contributed by atoms with E-state index in [-0.39, 0.29) is 0 Å². The fraction of sp³-hybridized carbons (Fsp3) is 0. The highest BCUT2D eigenvalue weighted by Gasteiger charge is 2.27. The molecule has 2 heteroatoms. The highest BCUT2D eigenvalue weighted by atomic mass is 15.3. The summed E-state index contributed by atoms with van der Waals surface area (Å²) in [5, 5.41) is 0. The van der Waals surface area contributed by atoms with Crippen LogP contribution in [0.4, 0.5) is 11.4 Å². The lowest BCUT2D eigenvalue weighted by atomic mass is 9.79. The Hall–Kier alpha value is -10.0. The molecule has 0 amide bonds. The van der Waals surface area contributed by atoms with Gasteiger partial charge in [-0.05, 0) is 148 Å². The molecular weight excluding hydrogens is 929 g/mol. The molecule has 0 fully saturated rings. The van der Waals surface area contributed by atoms with E-state index < -0.39 is 0 Å². The molecule has 0 unspecified atom stereocenters. The number of benzene rings is 12. The Labute approximate surface area is 452 Å². The summed E-state index contributed by atoms with van der Waals surface area (Å²) in [6.45, 7) is 3.65. The molecule has 13 rings (SSSR count). The van der Waals surface area contributed by atoms with E-state index in [0.29, 0.717) is 0 Å². The molecule has 362 valence electrons. The van der Waals surface area contributed by atoms with Crippen LogP contribution in [0.1, 0.15) is 0 Å². The molecule has 0 N–H and O–H groups in total. The Morgan fingerprint density at radius 1 is 0.182 bits per heavy atom. The second kappa shape index (κ2) is 21.1. The maximum Gasteiger partial charge on any atom is 0.217 e. The highest BCUT2D eigenvalue weighted by molar-refractivity contribution is 6.09. The standard InChI is InChI=1S/C75H52N2/c1-9-25-54(26-10-1)66-51-68(72(60-33-17-5-18-34-60)74(62-37-21-7-22-38-62)70(66)58-29-13-3-14-30-58)56-41-45-64(46-42-56)76-49-50-77(53-76)65-47-43-57(44-48-65)69-52-67(55-27-11-2-12-28-55)71(59-31-15-4-16-32-59)75(63-39-23-8-24-40-63)73(69)61-35-19-6-20-36-61/h1-52H. The van der Waals surface area contributed by atoms with Crippen LogP contribution in [-0.4, -0.2) is 0 Å². The van der Waals surface area contributed by atoms with Crippen molar-refractivity contribution in [1.29, 1.82) is 0 Å². The first-order valence-electron chi connectivity index (χ1n) is 26.3. The molecule has 0 bridgehead atoms. The van der Waals surface area contributed by atoms with Gasteiger partial charge in [0, 0.05) is 23.8 Å². The molecule has 1 heterocycles. The molecule has 1 aliphatic heterocycles. The topological polar surface area (TPSA) is 6.48 Å².